The van der Waals surface area contributed by atoms with Crippen molar-refractivity contribution in [1.29, 1.82) is 0 Å². The molecule has 1 fully saturated rings. The van der Waals surface area contributed by atoms with Gasteiger partial charge in [0.1, 0.15) is 0 Å². The highest BCUT2D eigenvalue weighted by atomic mass is 15.3. The predicted molar refractivity (Wildman–Crippen MR) is 86.8 cm³/mol. The number of benzene rings is 1. The summed E-state index contributed by atoms with van der Waals surface area (Å²) in [6, 6.07) is 10.4. The topological polar surface area (TPSA) is 21.1 Å². The highest BCUT2D eigenvalue weighted by molar-refractivity contribution is 5.36. The Balaban J connectivity index is 1.84. The molecule has 1 saturated heterocycles. The van der Waals surface area contributed by atoms with Gasteiger partial charge in [-0.05, 0) is 51.9 Å². The molecule has 0 amide bonds. The van der Waals surface area contributed by atoms with Crippen molar-refractivity contribution >= 4 is 0 Å². The first kappa shape index (κ1) is 14.3. The summed E-state index contributed by atoms with van der Waals surface area (Å²) in [6.07, 6.45) is 5.45. The van der Waals surface area contributed by atoms with Crippen molar-refractivity contribution < 1.29 is 0 Å². The van der Waals surface area contributed by atoms with E-state index in [0.717, 1.165) is 12.2 Å². The molecular weight excluding hydrogens is 258 g/mol. The molecule has 1 aromatic heterocycles. The molecule has 0 radical (unpaired) electrons. The zero-order valence-electron chi connectivity index (χ0n) is 13.2. The van der Waals surface area contributed by atoms with E-state index in [1.54, 1.807) is 0 Å². The molecule has 112 valence electrons. The molecule has 1 aliphatic rings. The van der Waals surface area contributed by atoms with E-state index in [0.29, 0.717) is 0 Å². The third-order valence-corrected chi connectivity index (χ3v) is 4.52. The average molecular weight is 283 g/mol. The first-order valence-electron chi connectivity index (χ1n) is 8.08. The highest BCUT2D eigenvalue weighted by Crippen LogP contribution is 2.21. The van der Waals surface area contributed by atoms with Gasteiger partial charge in [0.2, 0.25) is 0 Å². The van der Waals surface area contributed by atoms with Crippen molar-refractivity contribution in [2.45, 2.75) is 46.1 Å². The van der Waals surface area contributed by atoms with Crippen LogP contribution in [0.25, 0.3) is 5.69 Å². The zero-order chi connectivity index (χ0) is 14.7. The fourth-order valence-electron chi connectivity index (χ4n) is 3.24. The van der Waals surface area contributed by atoms with Gasteiger partial charge in [-0.15, -0.1) is 0 Å². The van der Waals surface area contributed by atoms with Gasteiger partial charge < -0.3 is 0 Å². The summed E-state index contributed by atoms with van der Waals surface area (Å²) < 4.78 is 2.09. The molecule has 3 heteroatoms. The maximum absolute atomic E-state index is 4.76. The van der Waals surface area contributed by atoms with E-state index in [4.69, 9.17) is 5.10 Å². The van der Waals surface area contributed by atoms with Crippen LogP contribution in [0.4, 0.5) is 0 Å². The van der Waals surface area contributed by atoms with Gasteiger partial charge in [0.05, 0.1) is 11.4 Å². The van der Waals surface area contributed by atoms with Crippen LogP contribution in [-0.2, 0) is 6.54 Å². The molecule has 0 spiro atoms. The first-order valence-corrected chi connectivity index (χ1v) is 8.08. The molecule has 0 N–H and O–H groups in total. The number of para-hydroxylation sites is 1. The fraction of sp³-hybridized carbons (Fsp3) is 0.500. The number of likely N-dealkylation sites (tertiary alicyclic amines) is 1. The van der Waals surface area contributed by atoms with Crippen molar-refractivity contribution in [3.63, 3.8) is 0 Å². The molecule has 3 rings (SSSR count). The van der Waals surface area contributed by atoms with Crippen LogP contribution in [0.2, 0.25) is 0 Å². The van der Waals surface area contributed by atoms with Crippen molar-refractivity contribution in [2.75, 3.05) is 13.1 Å². The molecule has 0 saturated carbocycles. The Morgan fingerprint density at radius 3 is 2.29 bits per heavy atom. The van der Waals surface area contributed by atoms with E-state index >= 15 is 0 Å². The molecule has 0 aliphatic carbocycles. The largest absolute Gasteiger partial charge is 0.299 e. The van der Waals surface area contributed by atoms with Gasteiger partial charge in [-0.1, -0.05) is 31.0 Å². The average Bonchev–Trinajstić information content (AvgIpc) is 2.71. The molecule has 2 heterocycles. The van der Waals surface area contributed by atoms with Crippen molar-refractivity contribution in [3.05, 3.63) is 47.3 Å². The third-order valence-electron chi connectivity index (χ3n) is 4.52. The lowest BCUT2D eigenvalue weighted by atomic mass is 10.1. The van der Waals surface area contributed by atoms with Crippen LogP contribution in [0.3, 0.4) is 0 Å². The van der Waals surface area contributed by atoms with Crippen LogP contribution in [0, 0.1) is 13.8 Å². The standard InChI is InChI=1S/C18H25N3/c1-15-18(14-20-12-8-3-4-9-13-20)16(2)21(19-15)17-10-6-5-7-11-17/h5-7,10-11H,3-4,8-9,12-14H2,1-2H3. The van der Waals surface area contributed by atoms with E-state index in [9.17, 15) is 0 Å². The Hall–Kier alpha value is -1.61. The summed E-state index contributed by atoms with van der Waals surface area (Å²) in [4.78, 5) is 2.60. The number of nitrogens with zero attached hydrogens (tertiary/aromatic N) is 3. The summed E-state index contributed by atoms with van der Waals surface area (Å²) in [5, 5.41) is 4.76. The zero-order valence-corrected chi connectivity index (χ0v) is 13.2. The fourth-order valence-corrected chi connectivity index (χ4v) is 3.24. The molecule has 1 aliphatic heterocycles. The minimum Gasteiger partial charge on any atom is -0.299 e. The molecule has 0 bridgehead atoms. The van der Waals surface area contributed by atoms with E-state index in [2.05, 4.69) is 47.7 Å². The Bertz CT molecular complexity index is 578. The van der Waals surface area contributed by atoms with E-state index in [1.807, 2.05) is 6.07 Å². The van der Waals surface area contributed by atoms with Crippen molar-refractivity contribution in [1.82, 2.24) is 14.7 Å². The number of aromatic nitrogens is 2. The van der Waals surface area contributed by atoms with Crippen LogP contribution in [0.1, 0.15) is 42.6 Å². The third kappa shape index (κ3) is 3.18. The number of hydrogen-bond acceptors (Lipinski definition) is 2. The summed E-state index contributed by atoms with van der Waals surface area (Å²) in [6.45, 7) is 7.84. The SMILES string of the molecule is Cc1nn(-c2ccccc2)c(C)c1CN1CCCCCC1. The van der Waals surface area contributed by atoms with E-state index in [1.165, 1.54) is 55.7 Å². The van der Waals surface area contributed by atoms with Crippen LogP contribution in [0.5, 0.6) is 0 Å². The van der Waals surface area contributed by atoms with Gasteiger partial charge in [-0.2, -0.15) is 5.10 Å². The van der Waals surface area contributed by atoms with Crippen LogP contribution >= 0.6 is 0 Å². The van der Waals surface area contributed by atoms with Crippen LogP contribution in [0.15, 0.2) is 30.3 Å². The number of aryl methyl sites for hydroxylation is 1. The molecular formula is C18H25N3. The quantitative estimate of drug-likeness (QED) is 0.852. The minimum absolute atomic E-state index is 1.05. The van der Waals surface area contributed by atoms with Crippen LogP contribution < -0.4 is 0 Å². The first-order chi connectivity index (χ1) is 10.3. The lowest BCUT2D eigenvalue weighted by Gasteiger charge is -2.20. The lowest BCUT2D eigenvalue weighted by molar-refractivity contribution is 0.276. The van der Waals surface area contributed by atoms with Gasteiger partial charge in [0, 0.05) is 17.8 Å². The second kappa shape index (κ2) is 6.44. The lowest BCUT2D eigenvalue weighted by Crippen LogP contribution is -2.24. The summed E-state index contributed by atoms with van der Waals surface area (Å²) in [7, 11) is 0. The van der Waals surface area contributed by atoms with Gasteiger partial charge in [0.25, 0.3) is 0 Å². The highest BCUT2D eigenvalue weighted by Gasteiger charge is 2.16. The van der Waals surface area contributed by atoms with E-state index in [-0.39, 0.29) is 0 Å². The second-order valence-electron chi connectivity index (χ2n) is 6.09. The van der Waals surface area contributed by atoms with Crippen molar-refractivity contribution in [3.8, 4) is 5.69 Å². The Morgan fingerprint density at radius 2 is 1.62 bits per heavy atom. The maximum Gasteiger partial charge on any atom is 0.0648 e. The smallest absolute Gasteiger partial charge is 0.0648 e. The molecule has 1 aromatic carbocycles. The molecule has 0 atom stereocenters. The Labute approximate surface area is 127 Å². The van der Waals surface area contributed by atoms with E-state index < -0.39 is 0 Å². The van der Waals surface area contributed by atoms with Crippen LogP contribution in [-0.4, -0.2) is 27.8 Å². The Morgan fingerprint density at radius 1 is 0.952 bits per heavy atom. The molecule has 2 aromatic rings. The summed E-state index contributed by atoms with van der Waals surface area (Å²) in [5.41, 5.74) is 5.00. The van der Waals surface area contributed by atoms with Gasteiger partial charge in [-0.25, -0.2) is 4.68 Å². The molecule has 0 unspecified atom stereocenters. The second-order valence-corrected chi connectivity index (χ2v) is 6.09. The summed E-state index contributed by atoms with van der Waals surface area (Å²) in [5.74, 6) is 0. The molecule has 3 nitrogen and oxygen atoms in total. The Kier molecular flexibility index (Phi) is 4.39. The van der Waals surface area contributed by atoms with Gasteiger partial charge in [0.15, 0.2) is 0 Å². The predicted octanol–water partition coefficient (Wildman–Crippen LogP) is 3.87. The number of rotatable bonds is 3. The van der Waals surface area contributed by atoms with Crippen molar-refractivity contribution in [2.24, 2.45) is 0 Å². The maximum atomic E-state index is 4.76. The molecule has 21 heavy (non-hydrogen) atoms. The number of hydrogen-bond donors (Lipinski definition) is 0. The van der Waals surface area contributed by atoms with Gasteiger partial charge in [-0.3, -0.25) is 4.90 Å². The van der Waals surface area contributed by atoms with Gasteiger partial charge >= 0.3 is 0 Å². The minimum atomic E-state index is 1.05. The monoisotopic (exact) mass is 283 g/mol. The normalized spacial score (nSPS) is 16.9. The summed E-state index contributed by atoms with van der Waals surface area (Å²) >= 11 is 0.